The average molecular weight is 342 g/mol. The van der Waals surface area contributed by atoms with E-state index in [4.69, 9.17) is 4.42 Å². The van der Waals surface area contributed by atoms with E-state index in [-0.39, 0.29) is 5.41 Å². The zero-order chi connectivity index (χ0) is 14.3. The van der Waals surface area contributed by atoms with Crippen molar-refractivity contribution < 1.29 is 4.42 Å². The van der Waals surface area contributed by atoms with E-state index in [2.05, 4.69) is 51.2 Å². The fraction of sp³-hybridized carbons (Fsp3) is 0.278. The minimum absolute atomic E-state index is 0.252. The Balaban J connectivity index is 1.59. The Hall–Kier alpha value is -1.61. The van der Waals surface area contributed by atoms with Crippen LogP contribution in [0.4, 0.5) is 0 Å². The van der Waals surface area contributed by atoms with E-state index >= 15 is 0 Å². The van der Waals surface area contributed by atoms with Gasteiger partial charge >= 0.3 is 0 Å². The number of fused-ring (bicyclic) bond motifs is 1. The summed E-state index contributed by atoms with van der Waals surface area (Å²) < 4.78 is 5.86. The zero-order valence-electron chi connectivity index (χ0n) is 11.6. The van der Waals surface area contributed by atoms with E-state index in [0.717, 1.165) is 23.4 Å². The smallest absolute Gasteiger partial charge is 0.196 e. The van der Waals surface area contributed by atoms with Crippen LogP contribution in [-0.2, 0) is 11.8 Å². The van der Waals surface area contributed by atoms with Crippen molar-refractivity contribution in [3.05, 3.63) is 66.1 Å². The van der Waals surface area contributed by atoms with Gasteiger partial charge in [0, 0.05) is 16.7 Å². The number of benzene rings is 2. The number of aromatic nitrogens is 1. The van der Waals surface area contributed by atoms with Crippen LogP contribution in [0.5, 0.6) is 0 Å². The summed E-state index contributed by atoms with van der Waals surface area (Å²) in [5.74, 6) is 0.820. The topological polar surface area (TPSA) is 26.0 Å². The van der Waals surface area contributed by atoms with Crippen molar-refractivity contribution in [3.63, 3.8) is 0 Å². The molecule has 1 fully saturated rings. The van der Waals surface area contributed by atoms with Crippen molar-refractivity contribution in [3.8, 4) is 0 Å². The number of nitrogens with zero attached hydrogens (tertiary/aromatic N) is 1. The number of rotatable bonds is 4. The third kappa shape index (κ3) is 2.30. The van der Waals surface area contributed by atoms with E-state index in [1.165, 1.54) is 18.4 Å². The second-order valence-electron chi connectivity index (χ2n) is 5.77. The first-order chi connectivity index (χ1) is 10.3. The zero-order valence-corrected chi connectivity index (χ0v) is 13.2. The maximum Gasteiger partial charge on any atom is 0.196 e. The quantitative estimate of drug-likeness (QED) is 0.633. The Kier molecular flexibility index (Phi) is 3.11. The molecule has 21 heavy (non-hydrogen) atoms. The molecule has 1 unspecified atom stereocenters. The van der Waals surface area contributed by atoms with Gasteiger partial charge in [0.1, 0.15) is 5.52 Å². The Morgan fingerprint density at radius 1 is 1.05 bits per heavy atom. The molecule has 0 N–H and O–H groups in total. The molecule has 1 atom stereocenters. The summed E-state index contributed by atoms with van der Waals surface area (Å²) in [6, 6.07) is 18.7. The summed E-state index contributed by atoms with van der Waals surface area (Å²) in [5.41, 5.74) is 3.48. The molecule has 3 heteroatoms. The Morgan fingerprint density at radius 3 is 2.48 bits per heavy atom. The van der Waals surface area contributed by atoms with Crippen LogP contribution >= 0.6 is 15.9 Å². The van der Waals surface area contributed by atoms with E-state index in [0.29, 0.717) is 4.83 Å². The molecule has 3 aromatic rings. The maximum absolute atomic E-state index is 5.86. The Bertz CT molecular complexity index is 728. The third-order valence-electron chi connectivity index (χ3n) is 4.43. The normalized spacial score (nSPS) is 17.8. The fourth-order valence-corrected chi connectivity index (χ4v) is 4.04. The molecule has 1 aliphatic rings. The van der Waals surface area contributed by atoms with Crippen LogP contribution < -0.4 is 0 Å². The summed E-state index contributed by atoms with van der Waals surface area (Å²) in [6.07, 6.45) is 3.28. The van der Waals surface area contributed by atoms with Crippen LogP contribution in [0.15, 0.2) is 59.0 Å². The predicted molar refractivity (Wildman–Crippen MR) is 87.8 cm³/mol. The summed E-state index contributed by atoms with van der Waals surface area (Å²) >= 11 is 3.89. The highest BCUT2D eigenvalue weighted by molar-refractivity contribution is 9.09. The Labute approximate surface area is 132 Å². The molecule has 4 rings (SSSR count). The predicted octanol–water partition coefficient (Wildman–Crippen LogP) is 4.87. The molecule has 106 valence electrons. The van der Waals surface area contributed by atoms with Gasteiger partial charge < -0.3 is 4.42 Å². The van der Waals surface area contributed by atoms with Crippen molar-refractivity contribution in [2.24, 2.45) is 0 Å². The molecular weight excluding hydrogens is 326 g/mol. The summed E-state index contributed by atoms with van der Waals surface area (Å²) in [7, 11) is 0. The number of halogens is 1. The minimum atomic E-state index is 0.252. The molecule has 0 aliphatic heterocycles. The number of para-hydroxylation sites is 2. The fourth-order valence-electron chi connectivity index (χ4n) is 3.04. The van der Waals surface area contributed by atoms with Gasteiger partial charge in [-0.05, 0) is 30.5 Å². The summed E-state index contributed by atoms with van der Waals surface area (Å²) in [5, 5.41) is 0. The van der Waals surface area contributed by atoms with Crippen LogP contribution in [0.3, 0.4) is 0 Å². The highest BCUT2D eigenvalue weighted by Gasteiger charge is 2.49. The van der Waals surface area contributed by atoms with Gasteiger partial charge in [0.05, 0.1) is 0 Å². The van der Waals surface area contributed by atoms with E-state index in [1.807, 2.05) is 24.3 Å². The summed E-state index contributed by atoms with van der Waals surface area (Å²) in [6.45, 7) is 0. The monoisotopic (exact) mass is 341 g/mol. The maximum atomic E-state index is 5.86. The molecule has 1 aliphatic carbocycles. The minimum Gasteiger partial charge on any atom is -0.441 e. The highest BCUT2D eigenvalue weighted by atomic mass is 79.9. The third-order valence-corrected chi connectivity index (χ3v) is 5.63. The largest absolute Gasteiger partial charge is 0.441 e. The standard InChI is InChI=1S/C18H16BrNO/c19-16(18(10-11-18)13-6-2-1-3-7-13)12-17-20-14-8-4-5-9-15(14)21-17/h1-9,16H,10-12H2. The molecule has 0 radical (unpaired) electrons. The van der Waals surface area contributed by atoms with Gasteiger partial charge in [-0.15, -0.1) is 0 Å². The number of hydrogen-bond donors (Lipinski definition) is 0. The SMILES string of the molecule is BrC(Cc1nc2ccccc2o1)C1(c2ccccc2)CC1. The second kappa shape index (κ2) is 4.99. The molecule has 2 aromatic carbocycles. The lowest BCUT2D eigenvalue weighted by molar-refractivity contribution is 0.503. The first-order valence-corrected chi connectivity index (χ1v) is 8.23. The van der Waals surface area contributed by atoms with Gasteiger partial charge in [-0.1, -0.05) is 58.4 Å². The van der Waals surface area contributed by atoms with Gasteiger partial charge in [-0.2, -0.15) is 0 Å². The van der Waals surface area contributed by atoms with E-state index in [1.54, 1.807) is 0 Å². The van der Waals surface area contributed by atoms with E-state index in [9.17, 15) is 0 Å². The lowest BCUT2D eigenvalue weighted by Gasteiger charge is -2.21. The molecule has 0 saturated heterocycles. The van der Waals surface area contributed by atoms with Crippen molar-refractivity contribution in [2.45, 2.75) is 29.5 Å². The molecular formula is C18H16BrNO. The van der Waals surface area contributed by atoms with E-state index < -0.39 is 0 Å². The molecule has 1 aromatic heterocycles. The lowest BCUT2D eigenvalue weighted by atomic mass is 9.91. The lowest BCUT2D eigenvalue weighted by Crippen LogP contribution is -2.22. The summed E-state index contributed by atoms with van der Waals surface area (Å²) in [4.78, 5) is 4.95. The van der Waals surface area contributed by atoms with Gasteiger partial charge in [0.2, 0.25) is 0 Å². The second-order valence-corrected chi connectivity index (χ2v) is 6.87. The van der Waals surface area contributed by atoms with Gasteiger partial charge in [-0.3, -0.25) is 0 Å². The van der Waals surface area contributed by atoms with Gasteiger partial charge in [0.25, 0.3) is 0 Å². The Morgan fingerprint density at radius 2 is 1.76 bits per heavy atom. The van der Waals surface area contributed by atoms with Crippen LogP contribution in [0.2, 0.25) is 0 Å². The van der Waals surface area contributed by atoms with Crippen LogP contribution in [0.25, 0.3) is 11.1 Å². The number of oxazole rings is 1. The number of hydrogen-bond acceptors (Lipinski definition) is 2. The first kappa shape index (κ1) is 13.1. The molecule has 1 heterocycles. The molecule has 1 saturated carbocycles. The average Bonchev–Trinajstić information content (AvgIpc) is 3.23. The first-order valence-electron chi connectivity index (χ1n) is 7.32. The van der Waals surface area contributed by atoms with Crippen molar-refractivity contribution in [1.82, 2.24) is 4.98 Å². The van der Waals surface area contributed by atoms with Gasteiger partial charge in [-0.25, -0.2) is 4.98 Å². The van der Waals surface area contributed by atoms with Crippen LogP contribution in [0.1, 0.15) is 24.3 Å². The molecule has 0 spiro atoms. The molecule has 2 nitrogen and oxygen atoms in total. The van der Waals surface area contributed by atoms with Crippen molar-refractivity contribution in [1.29, 1.82) is 0 Å². The molecule has 0 bridgehead atoms. The molecule has 0 amide bonds. The van der Waals surface area contributed by atoms with Gasteiger partial charge in [0.15, 0.2) is 11.5 Å². The highest BCUT2D eigenvalue weighted by Crippen LogP contribution is 2.54. The van der Waals surface area contributed by atoms with Crippen LogP contribution in [0, 0.1) is 0 Å². The van der Waals surface area contributed by atoms with Crippen molar-refractivity contribution in [2.75, 3.05) is 0 Å². The van der Waals surface area contributed by atoms with Crippen molar-refractivity contribution >= 4 is 27.0 Å². The number of alkyl halides is 1. The van der Waals surface area contributed by atoms with Crippen LogP contribution in [-0.4, -0.2) is 9.81 Å².